The van der Waals surface area contributed by atoms with Crippen LogP contribution in [0, 0.1) is 6.92 Å². The van der Waals surface area contributed by atoms with Crippen LogP contribution < -0.4 is 0 Å². The molecule has 0 N–H and O–H groups in total. The fourth-order valence-electron chi connectivity index (χ4n) is 2.27. The second-order valence-corrected chi connectivity index (χ2v) is 7.69. The summed E-state index contributed by atoms with van der Waals surface area (Å²) in [6, 6.07) is 17.5. The molecule has 1 atom stereocenters. The van der Waals surface area contributed by atoms with Gasteiger partial charge in [-0.1, -0.05) is 60.2 Å². The van der Waals surface area contributed by atoms with Gasteiger partial charge in [-0.25, -0.2) is 8.42 Å². The number of likely N-dealkylation sites (N-methyl/N-ethyl adjacent to an activating group) is 1. The highest BCUT2D eigenvalue weighted by atomic mass is 32.2. The van der Waals surface area contributed by atoms with Crippen LogP contribution in [-0.2, 0) is 16.4 Å². The molecule has 2 aromatic carbocycles. The van der Waals surface area contributed by atoms with Crippen molar-refractivity contribution < 1.29 is 8.42 Å². The van der Waals surface area contributed by atoms with E-state index in [4.69, 9.17) is 0 Å². The van der Waals surface area contributed by atoms with E-state index >= 15 is 0 Å². The summed E-state index contributed by atoms with van der Waals surface area (Å²) in [4.78, 5) is 0. The van der Waals surface area contributed by atoms with Gasteiger partial charge in [-0.15, -0.1) is 0 Å². The Bertz CT molecular complexity index is 750. The molecule has 0 saturated heterocycles. The molecule has 4 heteroatoms. The lowest BCUT2D eigenvalue weighted by Crippen LogP contribution is -2.35. The zero-order valence-corrected chi connectivity index (χ0v) is 14.6. The van der Waals surface area contributed by atoms with Gasteiger partial charge in [-0.3, -0.25) is 0 Å². The van der Waals surface area contributed by atoms with Crippen LogP contribution in [0.1, 0.15) is 23.6 Å². The molecule has 0 heterocycles. The predicted octanol–water partition coefficient (Wildman–Crippen LogP) is 3.86. The molecular weight excluding hydrogens is 306 g/mol. The van der Waals surface area contributed by atoms with Gasteiger partial charge < -0.3 is 0 Å². The summed E-state index contributed by atoms with van der Waals surface area (Å²) in [5, 5.41) is 1.27. The van der Waals surface area contributed by atoms with Crippen molar-refractivity contribution in [3.63, 3.8) is 0 Å². The molecule has 0 fully saturated rings. The van der Waals surface area contributed by atoms with Crippen LogP contribution in [0.2, 0.25) is 0 Å². The summed E-state index contributed by atoms with van der Waals surface area (Å²) < 4.78 is 26.3. The molecule has 1 unspecified atom stereocenters. The molecule has 122 valence electrons. The number of rotatable bonds is 6. The lowest BCUT2D eigenvalue weighted by atomic mass is 10.1. The highest BCUT2D eigenvalue weighted by molar-refractivity contribution is 7.92. The minimum Gasteiger partial charge on any atom is -0.208 e. The lowest BCUT2D eigenvalue weighted by molar-refractivity contribution is 0.392. The second kappa shape index (κ2) is 7.57. The monoisotopic (exact) mass is 329 g/mol. The predicted molar refractivity (Wildman–Crippen MR) is 96.5 cm³/mol. The third-order valence-electron chi connectivity index (χ3n) is 3.91. The Labute approximate surface area is 139 Å². The van der Waals surface area contributed by atoms with Gasteiger partial charge in [0.25, 0.3) is 0 Å². The topological polar surface area (TPSA) is 37.4 Å². The van der Waals surface area contributed by atoms with E-state index in [1.165, 1.54) is 15.3 Å². The van der Waals surface area contributed by atoms with Crippen LogP contribution >= 0.6 is 0 Å². The first-order valence-electron chi connectivity index (χ1n) is 7.65. The third kappa shape index (κ3) is 5.05. The zero-order chi connectivity index (χ0) is 16.9. The summed E-state index contributed by atoms with van der Waals surface area (Å²) in [5.41, 5.74) is 3.21. The first-order chi connectivity index (χ1) is 10.9. The van der Waals surface area contributed by atoms with Gasteiger partial charge in [0.2, 0.25) is 10.0 Å². The Balaban J connectivity index is 2.06. The van der Waals surface area contributed by atoms with E-state index < -0.39 is 10.0 Å². The van der Waals surface area contributed by atoms with Crippen molar-refractivity contribution >= 4 is 16.1 Å². The first kappa shape index (κ1) is 17.4. The number of hydrogen-bond acceptors (Lipinski definition) is 2. The normalized spacial score (nSPS) is 13.6. The minimum absolute atomic E-state index is 0.108. The van der Waals surface area contributed by atoms with Gasteiger partial charge in [0.15, 0.2) is 0 Å². The Kier molecular flexibility index (Phi) is 5.74. The maximum absolute atomic E-state index is 12.4. The number of hydrogen-bond donors (Lipinski definition) is 0. The second-order valence-electron chi connectivity index (χ2n) is 5.81. The van der Waals surface area contributed by atoms with Crippen LogP contribution in [0.15, 0.2) is 60.0 Å². The zero-order valence-electron chi connectivity index (χ0n) is 13.8. The average Bonchev–Trinajstić information content (AvgIpc) is 2.55. The minimum atomic E-state index is -3.43. The van der Waals surface area contributed by atoms with E-state index in [-0.39, 0.29) is 6.04 Å². The third-order valence-corrected chi connectivity index (χ3v) is 5.55. The molecule has 0 aliphatic heterocycles. The van der Waals surface area contributed by atoms with Crippen molar-refractivity contribution in [2.24, 2.45) is 0 Å². The molecule has 0 aliphatic rings. The number of aryl methyl sites for hydroxylation is 1. The van der Waals surface area contributed by atoms with Crippen LogP contribution in [-0.4, -0.2) is 25.8 Å². The van der Waals surface area contributed by atoms with E-state index in [0.29, 0.717) is 6.42 Å². The fraction of sp³-hybridized carbons (Fsp3) is 0.263. The first-order valence-corrected chi connectivity index (χ1v) is 9.15. The summed E-state index contributed by atoms with van der Waals surface area (Å²) in [7, 11) is -1.80. The van der Waals surface area contributed by atoms with Crippen LogP contribution in [0.3, 0.4) is 0 Å². The summed E-state index contributed by atoms with van der Waals surface area (Å²) >= 11 is 0. The highest BCUT2D eigenvalue weighted by Crippen LogP contribution is 2.14. The molecule has 0 aromatic heterocycles. The van der Waals surface area contributed by atoms with Gasteiger partial charge in [-0.05, 0) is 37.5 Å². The van der Waals surface area contributed by atoms with Crippen molar-refractivity contribution in [1.82, 2.24) is 4.31 Å². The molecule has 0 radical (unpaired) electrons. The quantitative estimate of drug-likeness (QED) is 0.807. The van der Waals surface area contributed by atoms with E-state index in [0.717, 1.165) is 11.1 Å². The van der Waals surface area contributed by atoms with Gasteiger partial charge in [-0.2, -0.15) is 4.31 Å². The van der Waals surface area contributed by atoms with Crippen molar-refractivity contribution in [3.8, 4) is 0 Å². The number of benzene rings is 2. The van der Waals surface area contributed by atoms with Gasteiger partial charge >= 0.3 is 0 Å². The molecule has 0 aliphatic carbocycles. The molecule has 0 spiro atoms. The van der Waals surface area contributed by atoms with Crippen LogP contribution in [0.25, 0.3) is 6.08 Å². The van der Waals surface area contributed by atoms with Gasteiger partial charge in [0, 0.05) is 18.5 Å². The van der Waals surface area contributed by atoms with Gasteiger partial charge in [0.05, 0.1) is 0 Å². The van der Waals surface area contributed by atoms with E-state index in [2.05, 4.69) is 0 Å². The summed E-state index contributed by atoms with van der Waals surface area (Å²) in [6.07, 6.45) is 2.32. The van der Waals surface area contributed by atoms with Crippen LogP contribution in [0.5, 0.6) is 0 Å². The van der Waals surface area contributed by atoms with Crippen molar-refractivity contribution in [2.45, 2.75) is 26.3 Å². The van der Waals surface area contributed by atoms with Crippen molar-refractivity contribution in [3.05, 3.63) is 76.7 Å². The maximum Gasteiger partial charge on any atom is 0.236 e. The molecular formula is C19H23NO2S. The number of sulfonamides is 1. The van der Waals surface area contributed by atoms with Crippen molar-refractivity contribution in [1.29, 1.82) is 0 Å². The molecule has 0 amide bonds. The molecule has 0 bridgehead atoms. The van der Waals surface area contributed by atoms with E-state index in [9.17, 15) is 8.42 Å². The molecule has 23 heavy (non-hydrogen) atoms. The van der Waals surface area contributed by atoms with E-state index in [1.807, 2.05) is 68.4 Å². The molecule has 2 rings (SSSR count). The Morgan fingerprint density at radius 2 is 1.65 bits per heavy atom. The molecule has 3 nitrogen and oxygen atoms in total. The summed E-state index contributed by atoms with van der Waals surface area (Å²) in [6.45, 7) is 3.96. The lowest BCUT2D eigenvalue weighted by Gasteiger charge is -2.22. The van der Waals surface area contributed by atoms with Crippen molar-refractivity contribution in [2.75, 3.05) is 7.05 Å². The Morgan fingerprint density at radius 3 is 2.26 bits per heavy atom. The Hall–Kier alpha value is -1.91. The van der Waals surface area contributed by atoms with E-state index in [1.54, 1.807) is 13.1 Å². The molecule has 0 saturated carbocycles. The average molecular weight is 329 g/mol. The Morgan fingerprint density at radius 1 is 1.04 bits per heavy atom. The maximum atomic E-state index is 12.4. The largest absolute Gasteiger partial charge is 0.236 e. The molecule has 2 aromatic rings. The van der Waals surface area contributed by atoms with Gasteiger partial charge in [0.1, 0.15) is 0 Å². The smallest absolute Gasteiger partial charge is 0.208 e. The SMILES string of the molecule is Cc1ccc(CC(C)N(C)S(=O)(=O)C=Cc2ccccc2)cc1. The number of nitrogens with zero attached hydrogens (tertiary/aromatic N) is 1. The highest BCUT2D eigenvalue weighted by Gasteiger charge is 2.20. The van der Waals surface area contributed by atoms with Crippen LogP contribution in [0.4, 0.5) is 0 Å². The summed E-state index contributed by atoms with van der Waals surface area (Å²) in [5.74, 6) is 0. The standard InChI is InChI=1S/C19H23NO2S/c1-16-9-11-19(12-10-16)15-17(2)20(3)23(21,22)14-13-18-7-5-4-6-8-18/h4-14,17H,15H2,1-3H3. The fourth-order valence-corrected chi connectivity index (χ4v) is 3.37.